The molecule has 0 spiro atoms. The summed E-state index contributed by atoms with van der Waals surface area (Å²) in [6, 6.07) is -0.656. The summed E-state index contributed by atoms with van der Waals surface area (Å²) in [5.74, 6) is -0.195. The van der Waals surface area contributed by atoms with Crippen molar-refractivity contribution in [1.29, 1.82) is 0 Å². The van der Waals surface area contributed by atoms with Gasteiger partial charge in [-0.2, -0.15) is 0 Å². The topological polar surface area (TPSA) is 64.4 Å². The lowest BCUT2D eigenvalue weighted by Gasteiger charge is -2.42. The van der Waals surface area contributed by atoms with Crippen LogP contribution in [0.5, 0.6) is 0 Å². The van der Waals surface area contributed by atoms with Gasteiger partial charge in [-0.1, -0.05) is 13.8 Å². The molecule has 0 bridgehead atoms. The molecule has 25 heavy (non-hydrogen) atoms. The van der Waals surface area contributed by atoms with Crippen molar-refractivity contribution in [3.63, 3.8) is 0 Å². The second kappa shape index (κ2) is 7.64. The van der Waals surface area contributed by atoms with Crippen LogP contribution in [0.2, 0.25) is 0 Å². The Morgan fingerprint density at radius 2 is 2.08 bits per heavy atom. The minimum atomic E-state index is -1.10. The Kier molecular flexibility index (Phi) is 5.98. The number of hydrogen-bond donors (Lipinski definition) is 0. The van der Waals surface area contributed by atoms with E-state index < -0.39 is 17.7 Å². The highest BCUT2D eigenvalue weighted by Gasteiger charge is 2.38. The molecule has 0 amide bonds. The predicted octanol–water partition coefficient (Wildman–Crippen LogP) is 1.90. The smallest absolute Gasteiger partial charge is 0.328 e. The fourth-order valence-electron chi connectivity index (χ4n) is 3.27. The molecule has 1 saturated heterocycles. The molecule has 140 valence electrons. The highest BCUT2D eigenvalue weighted by atomic mass is 19.1. The number of ether oxygens (including phenoxy) is 1. The van der Waals surface area contributed by atoms with Crippen molar-refractivity contribution in [1.82, 2.24) is 14.5 Å². The van der Waals surface area contributed by atoms with Gasteiger partial charge in [0.05, 0.1) is 12.8 Å². The van der Waals surface area contributed by atoms with Crippen molar-refractivity contribution in [2.75, 3.05) is 26.7 Å². The molecule has 1 aromatic rings. The zero-order chi connectivity index (χ0) is 18.8. The molecule has 0 radical (unpaired) electrons. The van der Waals surface area contributed by atoms with Gasteiger partial charge in [0.15, 0.2) is 0 Å². The maximum Gasteiger partial charge on any atom is 0.328 e. The third-order valence-electron chi connectivity index (χ3n) is 4.44. The van der Waals surface area contributed by atoms with E-state index >= 15 is 0 Å². The van der Waals surface area contributed by atoms with Gasteiger partial charge in [0, 0.05) is 32.3 Å². The molecule has 0 aliphatic carbocycles. The molecule has 7 heteroatoms. The van der Waals surface area contributed by atoms with Crippen LogP contribution in [0.25, 0.3) is 0 Å². The SMILES string of the molecule is COC(=O)[C@H](CC(C)C)n1cc(CCN2CC(C)(F)C2)nc(C)c1=O. The van der Waals surface area contributed by atoms with Crippen LogP contribution in [-0.4, -0.2) is 52.8 Å². The molecule has 2 rings (SSSR count). The Morgan fingerprint density at radius 1 is 1.44 bits per heavy atom. The minimum absolute atomic E-state index is 0.233. The van der Waals surface area contributed by atoms with Crippen LogP contribution in [0, 0.1) is 12.8 Å². The summed E-state index contributed by atoms with van der Waals surface area (Å²) in [5.41, 5.74) is -0.300. The van der Waals surface area contributed by atoms with Gasteiger partial charge in [0.1, 0.15) is 17.4 Å². The van der Waals surface area contributed by atoms with Crippen LogP contribution in [0.15, 0.2) is 11.0 Å². The number of esters is 1. The van der Waals surface area contributed by atoms with Gasteiger partial charge in [-0.25, -0.2) is 9.18 Å². The summed E-state index contributed by atoms with van der Waals surface area (Å²) in [5, 5.41) is 0. The monoisotopic (exact) mass is 353 g/mol. The molecular weight excluding hydrogens is 325 g/mol. The normalized spacial score (nSPS) is 18.0. The lowest BCUT2D eigenvalue weighted by molar-refractivity contribution is -0.145. The lowest BCUT2D eigenvalue weighted by Crippen LogP contribution is -2.57. The van der Waals surface area contributed by atoms with Crippen LogP contribution in [0.4, 0.5) is 4.39 Å². The average molecular weight is 353 g/mol. The number of aromatic nitrogens is 2. The standard InChI is InChI=1S/C18H28FN3O3/c1-12(2)8-15(17(24)25-5)22-9-14(20-13(3)16(22)23)6-7-21-10-18(4,19)11-21/h9,12,15H,6-8,10-11H2,1-5H3/t15-/m0/s1. The number of alkyl halides is 1. The van der Waals surface area contributed by atoms with Gasteiger partial charge in [0.25, 0.3) is 5.56 Å². The third kappa shape index (κ3) is 4.87. The molecule has 1 aliphatic heterocycles. The summed E-state index contributed by atoms with van der Waals surface area (Å²) >= 11 is 0. The number of rotatable bonds is 7. The first-order valence-corrected chi connectivity index (χ1v) is 8.70. The number of halogens is 1. The van der Waals surface area contributed by atoms with Crippen molar-refractivity contribution >= 4 is 5.97 Å². The molecule has 0 N–H and O–H groups in total. The maximum absolute atomic E-state index is 13.6. The Labute approximate surface area is 148 Å². The fraction of sp³-hybridized carbons (Fsp3) is 0.722. The van der Waals surface area contributed by atoms with Gasteiger partial charge in [0.2, 0.25) is 0 Å². The summed E-state index contributed by atoms with van der Waals surface area (Å²) in [6.07, 6.45) is 2.77. The first-order valence-electron chi connectivity index (χ1n) is 8.70. The second-order valence-electron chi connectivity index (χ2n) is 7.57. The summed E-state index contributed by atoms with van der Waals surface area (Å²) in [6.45, 7) is 8.75. The van der Waals surface area contributed by atoms with Gasteiger partial charge < -0.3 is 4.74 Å². The van der Waals surface area contributed by atoms with E-state index in [0.717, 1.165) is 5.69 Å². The average Bonchev–Trinajstić information content (AvgIpc) is 2.50. The number of aryl methyl sites for hydroxylation is 1. The number of likely N-dealkylation sites (tertiary alicyclic amines) is 1. The van der Waals surface area contributed by atoms with E-state index in [2.05, 4.69) is 4.98 Å². The molecular formula is C18H28FN3O3. The lowest BCUT2D eigenvalue weighted by atomic mass is 9.99. The zero-order valence-electron chi connectivity index (χ0n) is 15.7. The van der Waals surface area contributed by atoms with Crippen molar-refractivity contribution < 1.29 is 13.9 Å². The van der Waals surface area contributed by atoms with Crippen LogP contribution in [-0.2, 0) is 16.0 Å². The fourth-order valence-corrected chi connectivity index (χ4v) is 3.27. The van der Waals surface area contributed by atoms with Crippen molar-refractivity contribution in [2.45, 2.75) is 52.2 Å². The van der Waals surface area contributed by atoms with Crippen LogP contribution < -0.4 is 5.56 Å². The summed E-state index contributed by atoms with van der Waals surface area (Å²) in [4.78, 5) is 31.0. The quantitative estimate of drug-likeness (QED) is 0.701. The third-order valence-corrected chi connectivity index (χ3v) is 4.44. The number of carbonyl (C=O) groups is 1. The highest BCUT2D eigenvalue weighted by molar-refractivity contribution is 5.74. The van der Waals surface area contributed by atoms with Crippen LogP contribution >= 0.6 is 0 Å². The predicted molar refractivity (Wildman–Crippen MR) is 93.4 cm³/mol. The van der Waals surface area contributed by atoms with E-state index in [1.54, 1.807) is 20.0 Å². The first-order chi connectivity index (χ1) is 11.6. The summed E-state index contributed by atoms with van der Waals surface area (Å²) < 4.78 is 19.9. The first kappa shape index (κ1) is 19.6. The number of carbonyl (C=O) groups excluding carboxylic acids is 1. The molecule has 1 aliphatic rings. The van der Waals surface area contributed by atoms with Crippen molar-refractivity contribution in [2.24, 2.45) is 5.92 Å². The second-order valence-corrected chi connectivity index (χ2v) is 7.57. The molecule has 0 unspecified atom stereocenters. The van der Waals surface area contributed by atoms with E-state index in [1.165, 1.54) is 11.7 Å². The van der Waals surface area contributed by atoms with Gasteiger partial charge in [-0.3, -0.25) is 19.2 Å². The zero-order valence-corrected chi connectivity index (χ0v) is 15.7. The molecule has 1 aromatic heterocycles. The maximum atomic E-state index is 13.6. The number of hydrogen-bond acceptors (Lipinski definition) is 5. The molecule has 1 atom stereocenters. The van der Waals surface area contributed by atoms with Crippen LogP contribution in [0.1, 0.15) is 44.6 Å². The van der Waals surface area contributed by atoms with Gasteiger partial charge in [-0.05, 0) is 26.2 Å². The highest BCUT2D eigenvalue weighted by Crippen LogP contribution is 2.24. The molecule has 1 fully saturated rings. The Bertz CT molecular complexity index is 677. The summed E-state index contributed by atoms with van der Waals surface area (Å²) in [7, 11) is 1.33. The number of nitrogens with zero attached hydrogens (tertiary/aromatic N) is 3. The largest absolute Gasteiger partial charge is 0.467 e. The number of methoxy groups -OCH3 is 1. The van der Waals surface area contributed by atoms with E-state index in [0.29, 0.717) is 38.2 Å². The van der Waals surface area contributed by atoms with Crippen LogP contribution in [0.3, 0.4) is 0 Å². The van der Waals surface area contributed by atoms with Gasteiger partial charge >= 0.3 is 5.97 Å². The van der Waals surface area contributed by atoms with E-state index in [9.17, 15) is 14.0 Å². The van der Waals surface area contributed by atoms with Crippen molar-refractivity contribution in [3.8, 4) is 0 Å². The molecule has 0 aromatic carbocycles. The van der Waals surface area contributed by atoms with E-state index in [4.69, 9.17) is 4.74 Å². The molecule has 2 heterocycles. The Morgan fingerprint density at radius 3 is 2.60 bits per heavy atom. The molecule has 6 nitrogen and oxygen atoms in total. The van der Waals surface area contributed by atoms with E-state index in [1.807, 2.05) is 18.7 Å². The Balaban J connectivity index is 2.20. The Hall–Kier alpha value is -1.76. The molecule has 0 saturated carbocycles. The van der Waals surface area contributed by atoms with E-state index in [-0.39, 0.29) is 11.5 Å². The minimum Gasteiger partial charge on any atom is -0.467 e. The van der Waals surface area contributed by atoms with Gasteiger partial charge in [-0.15, -0.1) is 0 Å². The van der Waals surface area contributed by atoms with Crippen molar-refractivity contribution in [3.05, 3.63) is 27.9 Å².